The summed E-state index contributed by atoms with van der Waals surface area (Å²) in [4.78, 5) is 10.4. The van der Waals surface area contributed by atoms with Gasteiger partial charge in [-0.05, 0) is 0 Å². The molecule has 1 radical (unpaired) electrons. The number of rotatable bonds is 1. The Morgan fingerprint density at radius 1 is 2.00 bits per heavy atom. The molecule has 3 nitrogen and oxygen atoms in total. The maximum atomic E-state index is 10.4. The SMILES string of the molecule is NC(=O)[CH]1CC=[N][In]1. The Morgan fingerprint density at radius 3 is 3.00 bits per heavy atom. The number of nitrogens with zero attached hydrogens (tertiary/aromatic N) is 1. The molecule has 0 bridgehead atoms. The Balaban J connectivity index is 2.41. The van der Waals surface area contributed by atoms with Crippen LogP contribution in [0.4, 0.5) is 0 Å². The molecular weight excluding hydrogens is 207 g/mol. The number of nitrogens with two attached hydrogens (primary N) is 1. The van der Waals surface area contributed by atoms with E-state index in [9.17, 15) is 4.79 Å². The number of carbonyl (C=O) groups excluding carboxylic acids is 1. The van der Waals surface area contributed by atoms with Crippen LogP contribution in [-0.2, 0) is 4.79 Å². The summed E-state index contributed by atoms with van der Waals surface area (Å²) in [6.45, 7) is 0. The molecule has 0 aromatic rings. The molecule has 1 aliphatic heterocycles. The van der Waals surface area contributed by atoms with Gasteiger partial charge in [-0.2, -0.15) is 0 Å². The van der Waals surface area contributed by atoms with Gasteiger partial charge in [0, 0.05) is 0 Å². The third kappa shape index (κ3) is 1.24. The Kier molecular flexibility index (Phi) is 1.94. The van der Waals surface area contributed by atoms with E-state index in [1.165, 1.54) is 0 Å². The second-order valence-corrected chi connectivity index (χ2v) is 5.72. The van der Waals surface area contributed by atoms with Gasteiger partial charge in [0.25, 0.3) is 0 Å². The van der Waals surface area contributed by atoms with Crippen LogP contribution >= 0.6 is 0 Å². The molecule has 41 valence electrons. The molecule has 1 heterocycles. The minimum atomic E-state index is -0.896. The molecule has 0 aliphatic carbocycles. The second-order valence-electron chi connectivity index (χ2n) is 1.73. The first-order chi connectivity index (χ1) is 3.80. The van der Waals surface area contributed by atoms with E-state index in [0.29, 0.717) is 0 Å². The van der Waals surface area contributed by atoms with Crippen LogP contribution in [0.2, 0.25) is 3.67 Å². The zero-order valence-electron chi connectivity index (χ0n) is 4.37. The van der Waals surface area contributed by atoms with Crippen molar-refractivity contribution in [2.24, 2.45) is 8.71 Å². The molecule has 1 rings (SSSR count). The Hall–Kier alpha value is 0.0101. The van der Waals surface area contributed by atoms with Crippen molar-refractivity contribution >= 4 is 35.3 Å². The summed E-state index contributed by atoms with van der Waals surface area (Å²) in [5.41, 5.74) is 5.03. The van der Waals surface area contributed by atoms with Crippen molar-refractivity contribution in [3.8, 4) is 0 Å². The zero-order valence-corrected chi connectivity index (χ0v) is 7.67. The molecular formula is C4H6InN2O. The predicted molar refractivity (Wildman–Crippen MR) is 31.8 cm³/mol. The van der Waals surface area contributed by atoms with E-state index in [1.54, 1.807) is 0 Å². The average molecular weight is 213 g/mol. The summed E-state index contributed by atoms with van der Waals surface area (Å²) < 4.78 is 4.22. The quantitative estimate of drug-likeness (QED) is 0.618. The fourth-order valence-corrected chi connectivity index (χ4v) is 2.99. The van der Waals surface area contributed by atoms with Crippen LogP contribution in [0.3, 0.4) is 0 Å². The summed E-state index contributed by atoms with van der Waals surface area (Å²) in [5.74, 6) is -0.149. The monoisotopic (exact) mass is 213 g/mol. The molecule has 1 amide bonds. The molecule has 0 aromatic heterocycles. The summed E-state index contributed by atoms with van der Waals surface area (Å²) in [5, 5.41) is 0. The van der Waals surface area contributed by atoms with Crippen molar-refractivity contribution in [3.05, 3.63) is 0 Å². The first-order valence-corrected chi connectivity index (χ1v) is 5.82. The summed E-state index contributed by atoms with van der Waals surface area (Å²) in [6.07, 6.45) is 2.65. The number of carbonyl (C=O) groups is 1. The molecule has 0 saturated heterocycles. The average Bonchev–Trinajstić information content (AvgIpc) is 2.12. The Morgan fingerprint density at radius 2 is 2.75 bits per heavy atom. The van der Waals surface area contributed by atoms with Gasteiger partial charge < -0.3 is 0 Å². The van der Waals surface area contributed by atoms with Crippen molar-refractivity contribution < 1.29 is 4.79 Å². The van der Waals surface area contributed by atoms with Gasteiger partial charge >= 0.3 is 58.9 Å². The van der Waals surface area contributed by atoms with Gasteiger partial charge in [0.1, 0.15) is 0 Å². The summed E-state index contributed by atoms with van der Waals surface area (Å²) in [6, 6.07) is 0. The fourth-order valence-electron chi connectivity index (χ4n) is 0.590. The van der Waals surface area contributed by atoms with Crippen molar-refractivity contribution in [1.82, 2.24) is 0 Å². The van der Waals surface area contributed by atoms with Crippen LogP contribution < -0.4 is 5.73 Å². The third-order valence-electron chi connectivity index (χ3n) is 1.10. The van der Waals surface area contributed by atoms with Gasteiger partial charge in [0.15, 0.2) is 0 Å². The molecule has 8 heavy (non-hydrogen) atoms. The molecule has 0 spiro atoms. The predicted octanol–water partition coefficient (Wildman–Crippen LogP) is -0.646. The summed E-state index contributed by atoms with van der Waals surface area (Å²) >= 11 is -0.896. The maximum absolute atomic E-state index is 10.4. The fraction of sp³-hybridized carbons (Fsp3) is 0.500. The molecule has 0 fully saturated rings. The second kappa shape index (κ2) is 2.53. The van der Waals surface area contributed by atoms with Crippen LogP contribution in [0.5, 0.6) is 0 Å². The van der Waals surface area contributed by atoms with Crippen molar-refractivity contribution in [2.75, 3.05) is 0 Å². The standard InChI is InChI=1S/C4H6N2O.In/c5-3-1-2-4(6)7;/h2-3H,1H2,(H2,6,7);/q-1;+1. The Labute approximate surface area is 59.1 Å². The number of primary amides is 1. The molecule has 0 saturated carbocycles. The van der Waals surface area contributed by atoms with Crippen molar-refractivity contribution in [2.45, 2.75) is 10.1 Å². The van der Waals surface area contributed by atoms with E-state index >= 15 is 0 Å². The first kappa shape index (κ1) is 6.13. The minimum absolute atomic E-state index is 0.149. The third-order valence-corrected chi connectivity index (χ3v) is 4.93. The van der Waals surface area contributed by atoms with Crippen LogP contribution in [0.25, 0.3) is 0 Å². The van der Waals surface area contributed by atoms with Gasteiger partial charge in [-0.1, -0.05) is 0 Å². The van der Waals surface area contributed by atoms with Crippen molar-refractivity contribution in [3.63, 3.8) is 0 Å². The molecule has 1 atom stereocenters. The van der Waals surface area contributed by atoms with E-state index < -0.39 is 23.2 Å². The van der Waals surface area contributed by atoms with Gasteiger partial charge in [-0.25, -0.2) is 0 Å². The van der Waals surface area contributed by atoms with Crippen LogP contribution in [0.15, 0.2) is 2.98 Å². The van der Waals surface area contributed by atoms with Crippen LogP contribution in [-0.4, -0.2) is 35.3 Å². The molecule has 4 heteroatoms. The number of amides is 1. The van der Waals surface area contributed by atoms with Gasteiger partial charge in [0.2, 0.25) is 0 Å². The molecule has 2 N–H and O–H groups in total. The van der Waals surface area contributed by atoms with E-state index in [0.717, 1.165) is 6.42 Å². The molecule has 1 aliphatic rings. The van der Waals surface area contributed by atoms with Crippen molar-refractivity contribution in [1.29, 1.82) is 0 Å². The van der Waals surface area contributed by atoms with E-state index in [4.69, 9.17) is 5.73 Å². The first-order valence-electron chi connectivity index (χ1n) is 2.45. The van der Waals surface area contributed by atoms with Crippen LogP contribution in [0, 0.1) is 0 Å². The van der Waals surface area contributed by atoms with E-state index in [2.05, 4.69) is 2.98 Å². The van der Waals surface area contributed by atoms with Crippen LogP contribution in [0.1, 0.15) is 6.42 Å². The number of hydrogen-bond donors (Lipinski definition) is 1. The van der Waals surface area contributed by atoms with Gasteiger partial charge in [0.05, 0.1) is 0 Å². The zero-order chi connectivity index (χ0) is 5.98. The van der Waals surface area contributed by atoms with Gasteiger partial charge in [-0.3, -0.25) is 0 Å². The number of hydrogen-bond acceptors (Lipinski definition) is 2. The molecule has 0 aromatic carbocycles. The topological polar surface area (TPSA) is 55.5 Å². The van der Waals surface area contributed by atoms with Gasteiger partial charge in [-0.15, -0.1) is 0 Å². The molecule has 1 unspecified atom stereocenters. The van der Waals surface area contributed by atoms with E-state index in [1.807, 2.05) is 6.21 Å². The summed E-state index contributed by atoms with van der Waals surface area (Å²) in [7, 11) is 0. The van der Waals surface area contributed by atoms with E-state index in [-0.39, 0.29) is 9.58 Å². The normalized spacial score (nSPS) is 25.2. The Bertz CT molecular complexity index is 126.